The SMILES string of the molecule is CCCC(Nc1ccc2c(c1O)C(O)=C1C(=O)[C@]3(O)C(=O)C(C(N)=O)C(O)C[C@@H]3[C@@H](O)[C@@H]1[C@H]2C)C(=O)OCC. The van der Waals surface area contributed by atoms with Gasteiger partial charge in [0.25, 0.3) is 0 Å². The summed E-state index contributed by atoms with van der Waals surface area (Å²) in [5, 5.41) is 58.5. The number of phenols is 1. The van der Waals surface area contributed by atoms with Crippen LogP contribution in [-0.2, 0) is 23.9 Å². The third-order valence-electron chi connectivity index (χ3n) is 8.30. The molecule has 8 atom stereocenters. The number of fused-ring (bicyclic) bond motifs is 3. The predicted molar refractivity (Wildman–Crippen MR) is 136 cm³/mol. The third kappa shape index (κ3) is 4.17. The smallest absolute Gasteiger partial charge is 0.328 e. The van der Waals surface area contributed by atoms with Crippen molar-refractivity contribution in [2.24, 2.45) is 23.5 Å². The number of carbonyl (C=O) groups excluding carboxylic acids is 4. The average molecular weight is 547 g/mol. The van der Waals surface area contributed by atoms with Crippen LogP contribution in [0.5, 0.6) is 5.75 Å². The molecule has 0 bridgehead atoms. The van der Waals surface area contributed by atoms with Crippen molar-refractivity contribution in [3.63, 3.8) is 0 Å². The Morgan fingerprint density at radius 3 is 2.46 bits per heavy atom. The van der Waals surface area contributed by atoms with Crippen LogP contribution in [0.3, 0.4) is 0 Å². The van der Waals surface area contributed by atoms with Gasteiger partial charge in [0.1, 0.15) is 23.5 Å². The lowest BCUT2D eigenvalue weighted by molar-refractivity contribution is -0.186. The molecule has 3 aliphatic carbocycles. The summed E-state index contributed by atoms with van der Waals surface area (Å²) in [4.78, 5) is 51.2. The number of nitrogens with two attached hydrogens (primary N) is 1. The molecule has 3 unspecified atom stereocenters. The molecule has 0 spiro atoms. The van der Waals surface area contributed by atoms with E-state index in [4.69, 9.17) is 10.5 Å². The van der Waals surface area contributed by atoms with Gasteiger partial charge in [-0.1, -0.05) is 26.3 Å². The Morgan fingerprint density at radius 2 is 1.87 bits per heavy atom. The Bertz CT molecular complexity index is 1260. The molecule has 1 aromatic rings. The van der Waals surface area contributed by atoms with E-state index in [-0.39, 0.29) is 17.9 Å². The van der Waals surface area contributed by atoms with Gasteiger partial charge >= 0.3 is 5.97 Å². The van der Waals surface area contributed by atoms with Gasteiger partial charge in [-0.2, -0.15) is 0 Å². The lowest BCUT2D eigenvalue weighted by Crippen LogP contribution is -2.70. The van der Waals surface area contributed by atoms with Gasteiger partial charge in [0.15, 0.2) is 11.4 Å². The molecule has 212 valence electrons. The summed E-state index contributed by atoms with van der Waals surface area (Å²) in [6.07, 6.45) is -2.63. The molecule has 0 saturated heterocycles. The summed E-state index contributed by atoms with van der Waals surface area (Å²) >= 11 is 0. The van der Waals surface area contributed by atoms with Crippen LogP contribution in [0.2, 0.25) is 0 Å². The van der Waals surface area contributed by atoms with E-state index in [0.717, 1.165) is 0 Å². The van der Waals surface area contributed by atoms with Crippen molar-refractivity contribution < 1.29 is 49.4 Å². The van der Waals surface area contributed by atoms with Crippen LogP contribution in [0, 0.1) is 17.8 Å². The number of benzene rings is 1. The van der Waals surface area contributed by atoms with Crippen LogP contribution in [0.25, 0.3) is 5.76 Å². The zero-order valence-electron chi connectivity index (χ0n) is 21.9. The lowest BCUT2D eigenvalue weighted by atomic mass is 9.53. The highest BCUT2D eigenvalue weighted by Crippen LogP contribution is 2.55. The first-order chi connectivity index (χ1) is 18.3. The van der Waals surface area contributed by atoms with E-state index in [2.05, 4.69) is 5.32 Å². The van der Waals surface area contributed by atoms with Crippen LogP contribution in [-0.4, -0.2) is 79.4 Å². The number of primary amides is 1. The molecule has 0 aromatic heterocycles. The van der Waals surface area contributed by atoms with Crippen LogP contribution in [0.1, 0.15) is 57.1 Å². The Morgan fingerprint density at radius 1 is 1.21 bits per heavy atom. The molecular formula is C27H34N2O10. The van der Waals surface area contributed by atoms with Gasteiger partial charge < -0.3 is 41.3 Å². The minimum Gasteiger partial charge on any atom is -0.507 e. The molecule has 0 radical (unpaired) electrons. The number of nitrogens with one attached hydrogen (secondary N) is 1. The van der Waals surface area contributed by atoms with Crippen LogP contribution >= 0.6 is 0 Å². The summed E-state index contributed by atoms with van der Waals surface area (Å²) < 4.78 is 5.10. The number of aliphatic hydroxyl groups is 4. The van der Waals surface area contributed by atoms with Crippen molar-refractivity contribution in [2.75, 3.05) is 11.9 Å². The normalized spacial score (nSPS) is 32.6. The second-order valence-electron chi connectivity index (χ2n) is 10.5. The highest BCUT2D eigenvalue weighted by atomic mass is 16.5. The Balaban J connectivity index is 1.83. The van der Waals surface area contributed by atoms with Gasteiger partial charge in [-0.25, -0.2) is 4.79 Å². The van der Waals surface area contributed by atoms with E-state index in [9.17, 15) is 44.7 Å². The highest BCUT2D eigenvalue weighted by molar-refractivity contribution is 6.25. The summed E-state index contributed by atoms with van der Waals surface area (Å²) in [6.45, 7) is 5.33. The first kappa shape index (κ1) is 28.5. The fraction of sp³-hybridized carbons (Fsp3) is 0.556. The summed E-state index contributed by atoms with van der Waals surface area (Å²) in [5.74, 6) is -10.7. The number of Topliss-reactive ketones (excluding diaryl/α,β-unsaturated/α-hetero) is 2. The molecule has 2 fully saturated rings. The van der Waals surface area contributed by atoms with E-state index in [1.165, 1.54) is 6.07 Å². The number of carbonyl (C=O) groups is 4. The summed E-state index contributed by atoms with van der Waals surface area (Å²) in [6, 6.07) is 2.27. The van der Waals surface area contributed by atoms with Gasteiger partial charge in [0, 0.05) is 17.4 Å². The number of ketones is 2. The molecule has 12 nitrogen and oxygen atoms in total. The first-order valence-electron chi connectivity index (χ1n) is 13.0. The van der Waals surface area contributed by atoms with E-state index in [0.29, 0.717) is 18.4 Å². The molecule has 4 rings (SSSR count). The van der Waals surface area contributed by atoms with Gasteiger partial charge in [-0.15, -0.1) is 0 Å². The minimum absolute atomic E-state index is 0.0732. The number of ether oxygens (including phenoxy) is 1. The number of amides is 1. The van der Waals surface area contributed by atoms with Gasteiger partial charge in [0.05, 0.1) is 30.1 Å². The van der Waals surface area contributed by atoms with Crippen molar-refractivity contribution in [2.45, 2.75) is 69.8 Å². The number of hydrogen-bond acceptors (Lipinski definition) is 11. The predicted octanol–water partition coefficient (Wildman–Crippen LogP) is 0.264. The topological polar surface area (TPSA) is 217 Å². The third-order valence-corrected chi connectivity index (χ3v) is 8.30. The molecule has 3 aliphatic rings. The van der Waals surface area contributed by atoms with Crippen LogP contribution in [0.15, 0.2) is 17.7 Å². The fourth-order valence-electron chi connectivity index (χ4n) is 6.38. The number of rotatable bonds is 7. The Labute approximate surface area is 224 Å². The molecule has 0 heterocycles. The quantitative estimate of drug-likeness (QED) is 0.140. The molecular weight excluding hydrogens is 512 g/mol. The van der Waals surface area contributed by atoms with Crippen molar-refractivity contribution >= 4 is 34.9 Å². The number of aromatic hydroxyl groups is 1. The summed E-state index contributed by atoms with van der Waals surface area (Å²) in [7, 11) is 0. The number of aliphatic hydroxyl groups excluding tert-OH is 3. The standard InChI is InChI=1S/C27H34N2O10/c1-4-6-14(26(37)39-5-2)29-13-8-7-11-10(3)16-19(22(33)17(11)21(13)32)24(35)27(38)12(20(16)31)9-15(30)18(23(27)34)25(28)36/h7-8,10,12,14-16,18,20,29-33,38H,4-6,9H2,1-3H3,(H2,28,36)/t10-,12+,14?,15?,16+,18?,20+,27+/m0/s1. The molecule has 12 heteroatoms. The number of hydrogen-bond donors (Lipinski definition) is 7. The van der Waals surface area contributed by atoms with Gasteiger partial charge in [-0.3, -0.25) is 14.4 Å². The van der Waals surface area contributed by atoms with Crippen molar-refractivity contribution in [3.8, 4) is 5.75 Å². The van der Waals surface area contributed by atoms with E-state index in [1.54, 1.807) is 19.9 Å². The lowest BCUT2D eigenvalue weighted by Gasteiger charge is -2.52. The fourth-order valence-corrected chi connectivity index (χ4v) is 6.38. The molecule has 1 amide bonds. The second-order valence-corrected chi connectivity index (χ2v) is 10.5. The van der Waals surface area contributed by atoms with Crippen molar-refractivity contribution in [1.29, 1.82) is 0 Å². The molecule has 0 aliphatic heterocycles. The molecule has 2 saturated carbocycles. The zero-order chi connectivity index (χ0) is 29.0. The largest absolute Gasteiger partial charge is 0.507 e. The Kier molecular flexibility index (Phi) is 7.50. The molecule has 8 N–H and O–H groups in total. The number of esters is 1. The maximum Gasteiger partial charge on any atom is 0.328 e. The maximum absolute atomic E-state index is 13.7. The van der Waals surface area contributed by atoms with E-state index >= 15 is 0 Å². The van der Waals surface area contributed by atoms with Crippen LogP contribution in [0.4, 0.5) is 5.69 Å². The van der Waals surface area contributed by atoms with Gasteiger partial charge in [-0.05, 0) is 37.3 Å². The van der Waals surface area contributed by atoms with Gasteiger partial charge in [0.2, 0.25) is 11.7 Å². The number of anilines is 1. The highest BCUT2D eigenvalue weighted by Gasteiger charge is 2.67. The first-order valence-corrected chi connectivity index (χ1v) is 13.0. The van der Waals surface area contributed by atoms with Crippen LogP contribution < -0.4 is 11.1 Å². The van der Waals surface area contributed by atoms with E-state index in [1.807, 2.05) is 6.92 Å². The average Bonchev–Trinajstić information content (AvgIpc) is 2.87. The minimum atomic E-state index is -2.92. The monoisotopic (exact) mass is 546 g/mol. The Hall–Kier alpha value is -3.48. The van der Waals surface area contributed by atoms with Crippen molar-refractivity contribution in [3.05, 3.63) is 28.8 Å². The molecule has 1 aromatic carbocycles. The molecule has 39 heavy (non-hydrogen) atoms. The summed E-state index contributed by atoms with van der Waals surface area (Å²) in [5.41, 5.74) is 2.15. The van der Waals surface area contributed by atoms with E-state index < -0.39 is 94.5 Å². The maximum atomic E-state index is 13.7. The van der Waals surface area contributed by atoms with Crippen molar-refractivity contribution in [1.82, 2.24) is 0 Å². The zero-order valence-corrected chi connectivity index (χ0v) is 21.9. The second kappa shape index (κ2) is 10.2. The number of phenolic OH excluding ortho intramolecular Hbond substituents is 1.